The molecule has 0 aromatic heterocycles. The van der Waals surface area contributed by atoms with Crippen LogP contribution in [0.1, 0.15) is 31.4 Å². The second-order valence-electron chi connectivity index (χ2n) is 9.51. The Labute approximate surface area is 254 Å². The third kappa shape index (κ3) is 8.70. The fourth-order valence-electron chi connectivity index (χ4n) is 4.06. The number of carbonyl (C=O) groups is 2. The van der Waals surface area contributed by atoms with Crippen LogP contribution in [-0.2, 0) is 32.6 Å². The Bertz CT molecular complexity index is 1420. The van der Waals surface area contributed by atoms with Crippen molar-refractivity contribution in [3.63, 3.8) is 0 Å². The first-order valence-corrected chi connectivity index (χ1v) is 16.1. The standard InChI is InChI=1S/C29H32BrCl2N3O4S/c1-4-20(2)33-29(37)26(17-21-9-6-5-7-10-21)34(18-22-13-15-23(30)16-14-22)27(36)19-35(40(3,38)39)25-12-8-11-24(31)28(25)32/h5-16,20,26H,4,17-19H2,1-3H3,(H,33,37)/t20-,26-/m0/s1. The summed E-state index contributed by atoms with van der Waals surface area (Å²) in [4.78, 5) is 29.2. The first kappa shape index (κ1) is 31.9. The number of nitrogens with zero attached hydrogens (tertiary/aromatic N) is 2. The van der Waals surface area contributed by atoms with Gasteiger partial charge in [0.15, 0.2) is 0 Å². The molecule has 0 heterocycles. The van der Waals surface area contributed by atoms with Gasteiger partial charge in [0, 0.05) is 23.5 Å². The van der Waals surface area contributed by atoms with Crippen molar-refractivity contribution in [3.8, 4) is 0 Å². The third-order valence-corrected chi connectivity index (χ3v) is 8.88. The van der Waals surface area contributed by atoms with Gasteiger partial charge in [-0.2, -0.15) is 0 Å². The number of carbonyl (C=O) groups excluding carboxylic acids is 2. The quantitative estimate of drug-likeness (QED) is 0.254. The lowest BCUT2D eigenvalue weighted by Gasteiger charge is -2.34. The molecule has 0 aliphatic heterocycles. The molecule has 0 saturated heterocycles. The van der Waals surface area contributed by atoms with E-state index in [0.717, 1.165) is 26.2 Å². The average molecular weight is 669 g/mol. The SMILES string of the molecule is CC[C@H](C)NC(=O)[C@H](Cc1ccccc1)N(Cc1ccc(Br)cc1)C(=O)CN(c1cccc(Cl)c1Cl)S(C)(=O)=O. The number of nitrogens with one attached hydrogen (secondary N) is 1. The summed E-state index contributed by atoms with van der Waals surface area (Å²) in [5, 5.41) is 3.17. The summed E-state index contributed by atoms with van der Waals surface area (Å²) in [5.41, 5.74) is 1.72. The van der Waals surface area contributed by atoms with Crippen LogP contribution < -0.4 is 9.62 Å². The smallest absolute Gasteiger partial charge is 0.244 e. The van der Waals surface area contributed by atoms with E-state index >= 15 is 0 Å². The highest BCUT2D eigenvalue weighted by Crippen LogP contribution is 2.34. The minimum atomic E-state index is -3.96. The largest absolute Gasteiger partial charge is 0.352 e. The average Bonchev–Trinajstić information content (AvgIpc) is 2.91. The van der Waals surface area contributed by atoms with Crippen LogP contribution in [-0.4, -0.2) is 50.0 Å². The Hall–Kier alpha value is -2.59. The lowest BCUT2D eigenvalue weighted by atomic mass is 10.0. The van der Waals surface area contributed by atoms with Crippen molar-refractivity contribution in [1.29, 1.82) is 0 Å². The monoisotopic (exact) mass is 667 g/mol. The Morgan fingerprint density at radius 1 is 0.950 bits per heavy atom. The molecule has 3 aromatic carbocycles. The predicted octanol–water partition coefficient (Wildman–Crippen LogP) is 6.08. The van der Waals surface area contributed by atoms with E-state index in [1.165, 1.54) is 17.0 Å². The van der Waals surface area contributed by atoms with Gasteiger partial charge in [0.25, 0.3) is 0 Å². The number of hydrogen-bond acceptors (Lipinski definition) is 4. The molecule has 0 radical (unpaired) electrons. The second kappa shape index (κ2) is 14.3. The van der Waals surface area contributed by atoms with E-state index < -0.39 is 28.5 Å². The summed E-state index contributed by atoms with van der Waals surface area (Å²) in [6.45, 7) is 3.36. The molecule has 214 valence electrons. The van der Waals surface area contributed by atoms with Crippen molar-refractivity contribution in [2.45, 2.75) is 45.3 Å². The maximum Gasteiger partial charge on any atom is 0.244 e. The van der Waals surface area contributed by atoms with Crippen molar-refractivity contribution in [2.75, 3.05) is 17.1 Å². The molecule has 11 heteroatoms. The molecule has 40 heavy (non-hydrogen) atoms. The molecule has 1 N–H and O–H groups in total. The molecule has 0 aliphatic carbocycles. The van der Waals surface area contributed by atoms with E-state index in [1.54, 1.807) is 6.07 Å². The van der Waals surface area contributed by atoms with Gasteiger partial charge in [-0.3, -0.25) is 13.9 Å². The van der Waals surface area contributed by atoms with Crippen molar-refractivity contribution < 1.29 is 18.0 Å². The van der Waals surface area contributed by atoms with Crippen LogP contribution in [0.2, 0.25) is 10.0 Å². The summed E-state index contributed by atoms with van der Waals surface area (Å²) >= 11 is 16.0. The normalized spacial score (nSPS) is 12.8. The number of hydrogen-bond donors (Lipinski definition) is 1. The fourth-order valence-corrected chi connectivity index (χ4v) is 5.63. The Morgan fingerprint density at radius 2 is 1.60 bits per heavy atom. The van der Waals surface area contributed by atoms with Crippen LogP contribution in [0.25, 0.3) is 0 Å². The van der Waals surface area contributed by atoms with Gasteiger partial charge < -0.3 is 10.2 Å². The van der Waals surface area contributed by atoms with Crippen molar-refractivity contribution in [3.05, 3.63) is 98.4 Å². The first-order valence-electron chi connectivity index (χ1n) is 12.7. The molecule has 2 atom stereocenters. The highest BCUT2D eigenvalue weighted by molar-refractivity contribution is 9.10. The number of rotatable bonds is 12. The second-order valence-corrected chi connectivity index (χ2v) is 13.1. The van der Waals surface area contributed by atoms with Crippen LogP contribution in [0, 0.1) is 0 Å². The van der Waals surface area contributed by atoms with Gasteiger partial charge in [-0.15, -0.1) is 0 Å². The Balaban J connectivity index is 2.08. The zero-order chi connectivity index (χ0) is 29.4. The number of halogens is 3. The van der Waals surface area contributed by atoms with Gasteiger partial charge in [-0.25, -0.2) is 8.42 Å². The van der Waals surface area contributed by atoms with Crippen LogP contribution >= 0.6 is 39.1 Å². The minimum Gasteiger partial charge on any atom is -0.352 e. The van der Waals surface area contributed by atoms with Crippen LogP contribution in [0.4, 0.5) is 5.69 Å². The first-order chi connectivity index (χ1) is 18.9. The van der Waals surface area contributed by atoms with Gasteiger partial charge in [-0.05, 0) is 48.7 Å². The zero-order valence-corrected chi connectivity index (χ0v) is 26.4. The highest BCUT2D eigenvalue weighted by Gasteiger charge is 2.34. The Morgan fingerprint density at radius 3 is 2.20 bits per heavy atom. The molecule has 0 aliphatic rings. The van der Waals surface area contributed by atoms with E-state index in [9.17, 15) is 18.0 Å². The molecule has 7 nitrogen and oxygen atoms in total. The van der Waals surface area contributed by atoms with Gasteiger partial charge in [0.1, 0.15) is 12.6 Å². The van der Waals surface area contributed by atoms with E-state index in [0.29, 0.717) is 6.42 Å². The number of anilines is 1. The van der Waals surface area contributed by atoms with E-state index in [-0.39, 0.29) is 40.6 Å². The third-order valence-electron chi connectivity index (χ3n) is 6.42. The maximum absolute atomic E-state index is 14.1. The summed E-state index contributed by atoms with van der Waals surface area (Å²) in [6.07, 6.45) is 1.94. The molecule has 0 spiro atoms. The summed E-state index contributed by atoms with van der Waals surface area (Å²) in [7, 11) is -3.96. The van der Waals surface area contributed by atoms with E-state index in [4.69, 9.17) is 23.2 Å². The molecule has 2 amide bonds. The zero-order valence-electron chi connectivity index (χ0n) is 22.5. The maximum atomic E-state index is 14.1. The van der Waals surface area contributed by atoms with Gasteiger partial charge in [0.2, 0.25) is 21.8 Å². The summed E-state index contributed by atoms with van der Waals surface area (Å²) < 4.78 is 27.6. The lowest BCUT2D eigenvalue weighted by molar-refractivity contribution is -0.140. The Kier molecular flexibility index (Phi) is 11.5. The van der Waals surface area contributed by atoms with Crippen molar-refractivity contribution in [1.82, 2.24) is 10.2 Å². The number of sulfonamides is 1. The highest BCUT2D eigenvalue weighted by atomic mass is 79.9. The van der Waals surface area contributed by atoms with Crippen LogP contribution in [0.3, 0.4) is 0 Å². The molecule has 3 aromatic rings. The number of benzene rings is 3. The predicted molar refractivity (Wildman–Crippen MR) is 165 cm³/mol. The van der Waals surface area contributed by atoms with Crippen LogP contribution in [0.15, 0.2) is 77.3 Å². The molecular weight excluding hydrogens is 637 g/mol. The van der Waals surface area contributed by atoms with Gasteiger partial charge in [-0.1, -0.05) is 94.6 Å². The van der Waals surface area contributed by atoms with Gasteiger partial charge >= 0.3 is 0 Å². The minimum absolute atomic E-state index is 0.0113. The summed E-state index contributed by atoms with van der Waals surface area (Å²) in [6, 6.07) is 20.3. The number of amides is 2. The van der Waals surface area contributed by atoms with Gasteiger partial charge in [0.05, 0.1) is 22.0 Å². The summed E-state index contributed by atoms with van der Waals surface area (Å²) in [5.74, 6) is -0.889. The lowest BCUT2D eigenvalue weighted by Crippen LogP contribution is -2.54. The molecule has 3 rings (SSSR count). The molecule has 0 fully saturated rings. The fraction of sp³-hybridized carbons (Fsp3) is 0.310. The molecule has 0 saturated carbocycles. The van der Waals surface area contributed by atoms with Crippen LogP contribution in [0.5, 0.6) is 0 Å². The van der Waals surface area contributed by atoms with E-state index in [2.05, 4.69) is 21.2 Å². The van der Waals surface area contributed by atoms with E-state index in [1.807, 2.05) is 68.4 Å². The van der Waals surface area contributed by atoms with Crippen molar-refractivity contribution >= 4 is 66.7 Å². The topological polar surface area (TPSA) is 86.8 Å². The molecule has 0 bridgehead atoms. The van der Waals surface area contributed by atoms with Crippen molar-refractivity contribution in [2.24, 2.45) is 0 Å². The molecule has 0 unspecified atom stereocenters. The molecular formula is C29H32BrCl2N3O4S.